The maximum atomic E-state index is 9.18. The summed E-state index contributed by atoms with van der Waals surface area (Å²) in [6.07, 6.45) is 2.45. The van der Waals surface area contributed by atoms with Crippen LogP contribution in [0.4, 0.5) is 5.82 Å². The van der Waals surface area contributed by atoms with Gasteiger partial charge < -0.3 is 10.4 Å². The molecule has 6 heteroatoms. The van der Waals surface area contributed by atoms with Crippen LogP contribution in [0.3, 0.4) is 0 Å². The maximum Gasteiger partial charge on any atom is 0.146 e. The number of nitrogens with one attached hydrogen (secondary N) is 1. The summed E-state index contributed by atoms with van der Waals surface area (Å²) in [6, 6.07) is 2.67. The maximum absolute atomic E-state index is 9.18. The van der Waals surface area contributed by atoms with E-state index < -0.39 is 0 Å². The van der Waals surface area contributed by atoms with Crippen molar-refractivity contribution in [2.75, 3.05) is 25.0 Å². The van der Waals surface area contributed by atoms with Crippen molar-refractivity contribution in [2.45, 2.75) is 32.4 Å². The van der Waals surface area contributed by atoms with E-state index in [1.165, 1.54) is 12.8 Å². The lowest BCUT2D eigenvalue weighted by atomic mass is 10.3. The predicted molar refractivity (Wildman–Crippen MR) is 82.1 cm³/mol. The van der Waals surface area contributed by atoms with Crippen molar-refractivity contribution in [1.82, 2.24) is 14.9 Å². The van der Waals surface area contributed by atoms with Gasteiger partial charge in [-0.25, -0.2) is 9.97 Å². The SMILES string of the molecule is CCNc1nc(CN(CCO)C2CC2)nc2sccc12. The molecule has 0 amide bonds. The number of rotatable bonds is 7. The third-order valence-corrected chi connectivity index (χ3v) is 4.32. The van der Waals surface area contributed by atoms with Crippen molar-refractivity contribution in [3.05, 3.63) is 17.3 Å². The van der Waals surface area contributed by atoms with Crippen LogP contribution in [0.25, 0.3) is 10.2 Å². The van der Waals surface area contributed by atoms with Crippen molar-refractivity contribution in [1.29, 1.82) is 0 Å². The van der Waals surface area contributed by atoms with Crippen LogP contribution in [-0.2, 0) is 6.54 Å². The normalized spacial score (nSPS) is 15.2. The zero-order valence-electron chi connectivity index (χ0n) is 11.7. The first-order chi connectivity index (χ1) is 9.81. The van der Waals surface area contributed by atoms with Gasteiger partial charge in [-0.05, 0) is 31.2 Å². The Kier molecular flexibility index (Phi) is 4.14. The summed E-state index contributed by atoms with van der Waals surface area (Å²) in [5.41, 5.74) is 0. The molecule has 1 aliphatic carbocycles. The first kappa shape index (κ1) is 13.7. The molecule has 2 aromatic rings. The average Bonchev–Trinajstić information content (AvgIpc) is 3.17. The molecule has 1 saturated carbocycles. The molecular formula is C14H20N4OS. The van der Waals surface area contributed by atoms with E-state index in [2.05, 4.69) is 38.6 Å². The van der Waals surface area contributed by atoms with Gasteiger partial charge in [-0.1, -0.05) is 0 Å². The number of aliphatic hydroxyl groups is 1. The van der Waals surface area contributed by atoms with Crippen LogP contribution in [0, 0.1) is 0 Å². The number of aliphatic hydroxyl groups excluding tert-OH is 1. The van der Waals surface area contributed by atoms with Crippen LogP contribution in [0.5, 0.6) is 0 Å². The van der Waals surface area contributed by atoms with Gasteiger partial charge in [0.05, 0.1) is 18.5 Å². The summed E-state index contributed by atoms with van der Waals surface area (Å²) < 4.78 is 0. The van der Waals surface area contributed by atoms with Gasteiger partial charge in [0, 0.05) is 19.1 Å². The molecule has 0 aliphatic heterocycles. The van der Waals surface area contributed by atoms with Gasteiger partial charge in [0.1, 0.15) is 16.5 Å². The Hall–Kier alpha value is -1.24. The van der Waals surface area contributed by atoms with Crippen LogP contribution in [0.2, 0.25) is 0 Å². The van der Waals surface area contributed by atoms with Crippen LogP contribution < -0.4 is 5.32 Å². The van der Waals surface area contributed by atoms with Gasteiger partial charge in [-0.3, -0.25) is 4.90 Å². The summed E-state index contributed by atoms with van der Waals surface area (Å²) in [5.74, 6) is 1.77. The topological polar surface area (TPSA) is 61.3 Å². The Morgan fingerprint density at radius 1 is 1.45 bits per heavy atom. The molecule has 2 aromatic heterocycles. The van der Waals surface area contributed by atoms with Crippen LogP contribution in [0.1, 0.15) is 25.6 Å². The van der Waals surface area contributed by atoms with Crippen LogP contribution in [-0.4, -0.2) is 45.7 Å². The zero-order chi connectivity index (χ0) is 13.9. The molecule has 0 radical (unpaired) electrons. The molecule has 2 heterocycles. The fourth-order valence-corrected chi connectivity index (χ4v) is 3.20. The second-order valence-electron chi connectivity index (χ2n) is 5.08. The molecule has 0 atom stereocenters. The monoisotopic (exact) mass is 292 g/mol. The minimum absolute atomic E-state index is 0.192. The lowest BCUT2D eigenvalue weighted by Crippen LogP contribution is -2.29. The second-order valence-corrected chi connectivity index (χ2v) is 5.98. The number of anilines is 1. The van der Waals surface area contributed by atoms with Gasteiger partial charge in [-0.2, -0.15) is 0 Å². The molecule has 3 rings (SSSR count). The van der Waals surface area contributed by atoms with E-state index in [4.69, 9.17) is 0 Å². The third-order valence-electron chi connectivity index (χ3n) is 3.51. The lowest BCUT2D eigenvalue weighted by Gasteiger charge is -2.20. The molecule has 0 bridgehead atoms. The Morgan fingerprint density at radius 2 is 2.30 bits per heavy atom. The second kappa shape index (κ2) is 6.03. The van der Waals surface area contributed by atoms with E-state index in [0.717, 1.165) is 34.9 Å². The average molecular weight is 292 g/mol. The minimum Gasteiger partial charge on any atom is -0.395 e. The van der Waals surface area contributed by atoms with Crippen LogP contribution in [0.15, 0.2) is 11.4 Å². The van der Waals surface area contributed by atoms with Gasteiger partial charge in [-0.15, -0.1) is 11.3 Å². The third kappa shape index (κ3) is 2.92. The molecule has 0 spiro atoms. The van der Waals surface area contributed by atoms with Gasteiger partial charge in [0.15, 0.2) is 0 Å². The predicted octanol–water partition coefficient (Wildman–Crippen LogP) is 2.08. The number of aromatic nitrogens is 2. The van der Waals surface area contributed by atoms with Gasteiger partial charge in [0.25, 0.3) is 0 Å². The highest BCUT2D eigenvalue weighted by Gasteiger charge is 2.29. The Balaban J connectivity index is 1.86. The molecule has 0 aromatic carbocycles. The summed E-state index contributed by atoms with van der Waals surface area (Å²) in [6.45, 7) is 4.54. The van der Waals surface area contributed by atoms with Crippen molar-refractivity contribution in [3.63, 3.8) is 0 Å². The highest BCUT2D eigenvalue weighted by atomic mass is 32.1. The zero-order valence-corrected chi connectivity index (χ0v) is 12.5. The standard InChI is InChI=1S/C14H20N4OS/c1-2-15-13-11-5-8-20-14(11)17-12(16-13)9-18(6-7-19)10-3-4-10/h5,8,10,19H,2-4,6-7,9H2,1H3,(H,15,16,17). The van der Waals surface area contributed by atoms with Crippen molar-refractivity contribution in [2.24, 2.45) is 0 Å². The summed E-state index contributed by atoms with van der Waals surface area (Å²) in [7, 11) is 0. The fraction of sp³-hybridized carbons (Fsp3) is 0.571. The first-order valence-electron chi connectivity index (χ1n) is 7.14. The largest absolute Gasteiger partial charge is 0.395 e. The molecule has 108 valence electrons. The molecular weight excluding hydrogens is 272 g/mol. The highest BCUT2D eigenvalue weighted by molar-refractivity contribution is 7.16. The van der Waals surface area contributed by atoms with Crippen molar-refractivity contribution >= 4 is 27.4 Å². The molecule has 20 heavy (non-hydrogen) atoms. The molecule has 1 fully saturated rings. The Morgan fingerprint density at radius 3 is 3.00 bits per heavy atom. The Labute approximate surface area is 122 Å². The Bertz CT molecular complexity index is 582. The summed E-state index contributed by atoms with van der Waals surface area (Å²) in [5, 5.41) is 15.6. The molecule has 0 saturated heterocycles. The van der Waals surface area contributed by atoms with Crippen molar-refractivity contribution < 1.29 is 5.11 Å². The van der Waals surface area contributed by atoms with E-state index in [-0.39, 0.29) is 6.61 Å². The van der Waals surface area contributed by atoms with E-state index in [1.807, 2.05) is 0 Å². The molecule has 5 nitrogen and oxygen atoms in total. The number of nitrogens with zero attached hydrogens (tertiary/aromatic N) is 3. The fourth-order valence-electron chi connectivity index (χ4n) is 2.41. The number of thiophene rings is 1. The minimum atomic E-state index is 0.192. The first-order valence-corrected chi connectivity index (χ1v) is 8.02. The van der Waals surface area contributed by atoms with Crippen molar-refractivity contribution in [3.8, 4) is 0 Å². The lowest BCUT2D eigenvalue weighted by molar-refractivity contribution is 0.180. The van der Waals surface area contributed by atoms with Gasteiger partial charge in [0.2, 0.25) is 0 Å². The molecule has 2 N–H and O–H groups in total. The number of fused-ring (bicyclic) bond motifs is 1. The van der Waals surface area contributed by atoms with E-state index in [0.29, 0.717) is 12.6 Å². The summed E-state index contributed by atoms with van der Waals surface area (Å²) >= 11 is 1.65. The number of hydrogen-bond acceptors (Lipinski definition) is 6. The summed E-state index contributed by atoms with van der Waals surface area (Å²) in [4.78, 5) is 12.6. The van der Waals surface area contributed by atoms with Gasteiger partial charge >= 0.3 is 0 Å². The van der Waals surface area contributed by atoms with Crippen LogP contribution >= 0.6 is 11.3 Å². The molecule has 1 aliphatic rings. The quantitative estimate of drug-likeness (QED) is 0.818. The van der Waals surface area contributed by atoms with E-state index >= 15 is 0 Å². The smallest absolute Gasteiger partial charge is 0.146 e. The molecule has 0 unspecified atom stereocenters. The van der Waals surface area contributed by atoms with E-state index in [1.54, 1.807) is 11.3 Å². The number of hydrogen-bond donors (Lipinski definition) is 2. The van der Waals surface area contributed by atoms with E-state index in [9.17, 15) is 5.11 Å². The highest BCUT2D eigenvalue weighted by Crippen LogP contribution is 2.29.